The highest BCUT2D eigenvalue weighted by atomic mass is 16.9. The van der Waals surface area contributed by atoms with Crippen LogP contribution in [0, 0.1) is 0 Å². The first kappa shape index (κ1) is 12.5. The van der Waals surface area contributed by atoms with Crippen LogP contribution in [-0.4, -0.2) is 55.0 Å². The molecule has 6 heteroatoms. The number of epoxide rings is 1. The Morgan fingerprint density at radius 3 is 2.16 bits per heavy atom. The van der Waals surface area contributed by atoms with Crippen molar-refractivity contribution in [3.63, 3.8) is 0 Å². The van der Waals surface area contributed by atoms with E-state index in [-0.39, 0.29) is 24.6 Å². The molecular weight excluding hydrogens is 252 g/mol. The first-order chi connectivity index (χ1) is 8.81. The van der Waals surface area contributed by atoms with Gasteiger partial charge < -0.3 is 28.4 Å². The smallest absolute Gasteiger partial charge is 0.190 e. The van der Waals surface area contributed by atoms with Crippen molar-refractivity contribution in [1.29, 1.82) is 0 Å². The summed E-state index contributed by atoms with van der Waals surface area (Å²) in [7, 11) is 0. The van der Waals surface area contributed by atoms with Gasteiger partial charge in [-0.15, -0.1) is 0 Å². The fourth-order valence-corrected chi connectivity index (χ4v) is 3.26. The lowest BCUT2D eigenvalue weighted by Gasteiger charge is -2.27. The van der Waals surface area contributed by atoms with E-state index < -0.39 is 17.2 Å². The molecular formula is C13H20O6. The Labute approximate surface area is 112 Å². The summed E-state index contributed by atoms with van der Waals surface area (Å²) in [5.41, 5.74) is -0.424. The van der Waals surface area contributed by atoms with Crippen LogP contribution in [0.1, 0.15) is 27.7 Å². The molecule has 4 rings (SSSR count). The van der Waals surface area contributed by atoms with Crippen LogP contribution in [0.15, 0.2) is 0 Å². The number of hydrogen-bond acceptors (Lipinski definition) is 6. The Morgan fingerprint density at radius 2 is 1.58 bits per heavy atom. The molecule has 108 valence electrons. The number of ether oxygens (including phenoxy) is 6. The number of rotatable bonds is 1. The van der Waals surface area contributed by atoms with E-state index in [1.807, 2.05) is 27.7 Å². The fourth-order valence-electron chi connectivity index (χ4n) is 3.26. The van der Waals surface area contributed by atoms with E-state index in [1.165, 1.54) is 0 Å². The van der Waals surface area contributed by atoms with Gasteiger partial charge in [0.15, 0.2) is 23.5 Å². The monoisotopic (exact) mass is 272 g/mol. The maximum absolute atomic E-state index is 6.00. The molecule has 6 nitrogen and oxygen atoms in total. The van der Waals surface area contributed by atoms with Gasteiger partial charge in [0, 0.05) is 0 Å². The fraction of sp³-hybridized carbons (Fsp3) is 1.00. The second kappa shape index (κ2) is 3.50. The highest BCUT2D eigenvalue weighted by molar-refractivity contribution is 5.16. The molecule has 0 saturated carbocycles. The van der Waals surface area contributed by atoms with E-state index >= 15 is 0 Å². The minimum Gasteiger partial charge on any atom is -0.364 e. The molecule has 0 radical (unpaired) electrons. The van der Waals surface area contributed by atoms with Crippen molar-refractivity contribution in [3.05, 3.63) is 0 Å². The standard InChI is InChI=1S/C13H20O6/c1-11(2)14-5-7(17-11)8-13(6-15-13)9-10(16-8)19-12(3,4)18-9/h7-10H,5-6H2,1-4H3/t7?,8-,9+,10-,13+/m1/s1. The summed E-state index contributed by atoms with van der Waals surface area (Å²) in [6.45, 7) is 8.71. The summed E-state index contributed by atoms with van der Waals surface area (Å²) in [5.74, 6) is -1.19. The number of fused-ring (bicyclic) bond motifs is 2. The van der Waals surface area contributed by atoms with Crippen LogP contribution in [0.4, 0.5) is 0 Å². The zero-order valence-corrected chi connectivity index (χ0v) is 11.7. The Morgan fingerprint density at radius 1 is 0.842 bits per heavy atom. The zero-order chi connectivity index (χ0) is 13.5. The van der Waals surface area contributed by atoms with Gasteiger partial charge in [-0.2, -0.15) is 0 Å². The van der Waals surface area contributed by atoms with Crippen molar-refractivity contribution in [2.24, 2.45) is 0 Å². The van der Waals surface area contributed by atoms with Crippen molar-refractivity contribution in [2.45, 2.75) is 69.5 Å². The normalized spacial score (nSPS) is 53.7. The van der Waals surface area contributed by atoms with Gasteiger partial charge in [-0.1, -0.05) is 0 Å². The second-order valence-corrected chi connectivity index (χ2v) is 6.59. The van der Waals surface area contributed by atoms with Crippen LogP contribution in [0.2, 0.25) is 0 Å². The van der Waals surface area contributed by atoms with Gasteiger partial charge in [0.25, 0.3) is 0 Å². The van der Waals surface area contributed by atoms with Gasteiger partial charge in [0.05, 0.1) is 13.2 Å². The zero-order valence-electron chi connectivity index (χ0n) is 11.7. The lowest BCUT2D eigenvalue weighted by atomic mass is 9.95. The lowest BCUT2D eigenvalue weighted by molar-refractivity contribution is -0.228. The molecule has 0 aromatic carbocycles. The van der Waals surface area contributed by atoms with E-state index in [2.05, 4.69) is 0 Å². The molecule has 1 spiro atoms. The molecule has 0 bridgehead atoms. The van der Waals surface area contributed by atoms with Gasteiger partial charge in [0.1, 0.15) is 18.3 Å². The van der Waals surface area contributed by atoms with Crippen molar-refractivity contribution in [1.82, 2.24) is 0 Å². The van der Waals surface area contributed by atoms with Gasteiger partial charge in [0.2, 0.25) is 0 Å². The van der Waals surface area contributed by atoms with Crippen molar-refractivity contribution >= 4 is 0 Å². The molecule has 4 fully saturated rings. The van der Waals surface area contributed by atoms with Gasteiger partial charge in [-0.3, -0.25) is 0 Å². The molecule has 0 aliphatic carbocycles. The maximum Gasteiger partial charge on any atom is 0.190 e. The van der Waals surface area contributed by atoms with Gasteiger partial charge >= 0.3 is 0 Å². The third-order valence-electron chi connectivity index (χ3n) is 4.15. The Bertz CT molecular complexity index is 402. The minimum atomic E-state index is -0.619. The highest BCUT2D eigenvalue weighted by Crippen LogP contribution is 2.53. The van der Waals surface area contributed by atoms with Crippen LogP contribution in [0.3, 0.4) is 0 Å². The molecule has 4 aliphatic heterocycles. The first-order valence-electron chi connectivity index (χ1n) is 6.78. The molecule has 4 aliphatic rings. The lowest BCUT2D eigenvalue weighted by Crippen LogP contribution is -2.45. The molecule has 4 saturated heterocycles. The van der Waals surface area contributed by atoms with E-state index in [0.717, 1.165) is 0 Å². The molecule has 0 aromatic heterocycles. The van der Waals surface area contributed by atoms with E-state index in [0.29, 0.717) is 13.2 Å². The summed E-state index contributed by atoms with van der Waals surface area (Å²) >= 11 is 0. The first-order valence-corrected chi connectivity index (χ1v) is 6.78. The minimum absolute atomic E-state index is 0.140. The summed E-state index contributed by atoms with van der Waals surface area (Å²) in [6, 6.07) is 0. The van der Waals surface area contributed by atoms with Crippen LogP contribution in [0.5, 0.6) is 0 Å². The molecule has 1 unspecified atom stereocenters. The van der Waals surface area contributed by atoms with Gasteiger partial charge in [-0.05, 0) is 27.7 Å². The van der Waals surface area contributed by atoms with E-state index in [9.17, 15) is 0 Å². The van der Waals surface area contributed by atoms with Crippen molar-refractivity contribution < 1.29 is 28.4 Å². The SMILES string of the molecule is CC1(C)OCC([C@H]2O[C@@H]3OC(C)(C)O[C@@H]3[C@]23CO3)O1. The summed E-state index contributed by atoms with van der Waals surface area (Å²) in [6.07, 6.45) is -0.895. The number of hydrogen-bond donors (Lipinski definition) is 0. The topological polar surface area (TPSA) is 58.7 Å². The summed E-state index contributed by atoms with van der Waals surface area (Å²) < 4.78 is 34.9. The summed E-state index contributed by atoms with van der Waals surface area (Å²) in [4.78, 5) is 0. The van der Waals surface area contributed by atoms with E-state index in [1.54, 1.807) is 0 Å². The average Bonchev–Trinajstić information content (AvgIpc) is 2.82. The molecule has 5 atom stereocenters. The van der Waals surface area contributed by atoms with Crippen LogP contribution < -0.4 is 0 Å². The highest BCUT2D eigenvalue weighted by Gasteiger charge is 2.73. The van der Waals surface area contributed by atoms with Crippen molar-refractivity contribution in [3.8, 4) is 0 Å². The molecule has 19 heavy (non-hydrogen) atoms. The largest absolute Gasteiger partial charge is 0.364 e. The molecule has 0 amide bonds. The average molecular weight is 272 g/mol. The summed E-state index contributed by atoms with van der Waals surface area (Å²) in [5, 5.41) is 0. The Balaban J connectivity index is 1.55. The van der Waals surface area contributed by atoms with Gasteiger partial charge in [-0.25, -0.2) is 0 Å². The predicted octanol–water partition coefficient (Wildman–Crippen LogP) is 0.783. The maximum atomic E-state index is 6.00. The van der Waals surface area contributed by atoms with Crippen LogP contribution in [0.25, 0.3) is 0 Å². The van der Waals surface area contributed by atoms with Crippen molar-refractivity contribution in [2.75, 3.05) is 13.2 Å². The molecule has 0 aromatic rings. The van der Waals surface area contributed by atoms with E-state index in [4.69, 9.17) is 28.4 Å². The quantitative estimate of drug-likeness (QED) is 0.658. The third kappa shape index (κ3) is 1.78. The van der Waals surface area contributed by atoms with Crippen LogP contribution in [-0.2, 0) is 28.4 Å². The second-order valence-electron chi connectivity index (χ2n) is 6.59. The Hall–Kier alpha value is -0.240. The third-order valence-corrected chi connectivity index (χ3v) is 4.15. The van der Waals surface area contributed by atoms with Crippen LogP contribution >= 0.6 is 0 Å². The molecule has 4 heterocycles. The molecule has 0 N–H and O–H groups in total. The Kier molecular flexibility index (Phi) is 2.30. The predicted molar refractivity (Wildman–Crippen MR) is 62.3 cm³/mol.